The molecule has 2 amide bonds. The van der Waals surface area contributed by atoms with Crippen molar-refractivity contribution in [3.8, 4) is 0 Å². The molecule has 2 N–H and O–H groups in total. The molecule has 0 saturated carbocycles. The van der Waals surface area contributed by atoms with Gasteiger partial charge < -0.3 is 15.5 Å². The molecule has 0 unspecified atom stereocenters. The monoisotopic (exact) mass is 443 g/mol. The van der Waals surface area contributed by atoms with Gasteiger partial charge in [-0.25, -0.2) is 4.98 Å². The smallest absolute Gasteiger partial charge is 0.274 e. The van der Waals surface area contributed by atoms with Crippen molar-refractivity contribution in [2.75, 3.05) is 31.5 Å². The summed E-state index contributed by atoms with van der Waals surface area (Å²) in [6, 6.07) is 10.8. The van der Waals surface area contributed by atoms with Crippen LogP contribution in [-0.4, -0.2) is 52.3 Å². The highest BCUT2D eigenvalue weighted by Crippen LogP contribution is 2.16. The van der Waals surface area contributed by atoms with Crippen molar-refractivity contribution in [1.82, 2.24) is 19.6 Å². The van der Waals surface area contributed by atoms with Gasteiger partial charge in [-0.1, -0.05) is 19.9 Å². The molecule has 0 radical (unpaired) electrons. The number of hydrogen-bond donors (Lipinski definition) is 2. The van der Waals surface area contributed by atoms with Gasteiger partial charge in [-0.3, -0.25) is 14.0 Å². The number of amides is 2. The molecule has 1 aromatic carbocycles. The maximum Gasteiger partial charge on any atom is 0.274 e. The van der Waals surface area contributed by atoms with Gasteiger partial charge in [0, 0.05) is 30.5 Å². The van der Waals surface area contributed by atoms with Crippen LogP contribution in [0.1, 0.15) is 46.0 Å². The lowest BCUT2D eigenvalue weighted by molar-refractivity contribution is 0.0948. The zero-order valence-electron chi connectivity index (χ0n) is 18.4. The normalized spacial score (nSPS) is 10.7. The summed E-state index contributed by atoms with van der Waals surface area (Å²) in [6.45, 7) is 11.4. The highest BCUT2D eigenvalue weighted by atomic mass is 35.5. The Morgan fingerprint density at radius 3 is 2.32 bits per heavy atom. The first-order chi connectivity index (χ1) is 14.4. The first-order valence-electron chi connectivity index (χ1n) is 10.3. The number of aryl methyl sites for hydroxylation is 2. The number of pyridine rings is 1. The molecule has 3 rings (SSSR count). The number of carbonyl (C=O) groups excluding carboxylic acids is 2. The maximum absolute atomic E-state index is 12.8. The average molecular weight is 444 g/mol. The average Bonchev–Trinajstić information content (AvgIpc) is 3.06. The largest absolute Gasteiger partial charge is 0.351 e. The molecule has 31 heavy (non-hydrogen) atoms. The molecule has 0 aliphatic heterocycles. The highest BCUT2D eigenvalue weighted by Gasteiger charge is 2.17. The van der Waals surface area contributed by atoms with E-state index in [4.69, 9.17) is 0 Å². The van der Waals surface area contributed by atoms with E-state index in [1.807, 2.05) is 32.2 Å². The Bertz CT molecular complexity index is 1040. The first kappa shape index (κ1) is 24.4. The summed E-state index contributed by atoms with van der Waals surface area (Å²) in [6.07, 6.45) is 1.90. The third-order valence-corrected chi connectivity index (χ3v) is 5.17. The number of likely N-dealkylation sites (N-methyl/N-ethyl adjacent to an activating group) is 1. The van der Waals surface area contributed by atoms with E-state index in [0.29, 0.717) is 29.2 Å². The minimum atomic E-state index is -0.234. The van der Waals surface area contributed by atoms with Crippen LogP contribution in [0.15, 0.2) is 42.6 Å². The second-order valence-electron chi connectivity index (χ2n) is 7.29. The van der Waals surface area contributed by atoms with Crippen molar-refractivity contribution in [2.45, 2.75) is 27.7 Å². The summed E-state index contributed by atoms with van der Waals surface area (Å²) in [5.74, 6) is -0.352. The molecule has 0 aliphatic carbocycles. The van der Waals surface area contributed by atoms with Crippen molar-refractivity contribution in [1.29, 1.82) is 0 Å². The van der Waals surface area contributed by atoms with E-state index in [1.54, 1.807) is 28.7 Å². The van der Waals surface area contributed by atoms with Gasteiger partial charge in [0.15, 0.2) is 0 Å². The molecule has 3 aromatic rings. The standard InChI is InChI=1S/C23H29N5O2.ClH/c1-5-27(6-2)14-13-24-22(29)18-8-10-19(11-9-18)26-23(30)21-17(4)25-20-12-7-16(3)15-28(20)21;/h7-12,15H,5-6,13-14H2,1-4H3,(H,24,29)(H,26,30);1H. The van der Waals surface area contributed by atoms with Crippen LogP contribution < -0.4 is 10.6 Å². The fraction of sp³-hybridized carbons (Fsp3) is 0.348. The molecular formula is C23H30ClN5O2. The van der Waals surface area contributed by atoms with Gasteiger partial charge in [-0.15, -0.1) is 12.4 Å². The number of aromatic nitrogens is 2. The van der Waals surface area contributed by atoms with Gasteiger partial charge in [0.1, 0.15) is 11.3 Å². The molecular weight excluding hydrogens is 414 g/mol. The second kappa shape index (κ2) is 10.9. The van der Waals surface area contributed by atoms with E-state index in [9.17, 15) is 9.59 Å². The molecule has 0 spiro atoms. The van der Waals surface area contributed by atoms with Crippen molar-refractivity contribution >= 4 is 35.6 Å². The Morgan fingerprint density at radius 2 is 1.68 bits per heavy atom. The van der Waals surface area contributed by atoms with Gasteiger partial charge in [0.05, 0.1) is 5.69 Å². The van der Waals surface area contributed by atoms with E-state index in [0.717, 1.165) is 30.8 Å². The molecule has 166 valence electrons. The third kappa shape index (κ3) is 5.83. The summed E-state index contributed by atoms with van der Waals surface area (Å²) in [7, 11) is 0. The molecule has 0 atom stereocenters. The van der Waals surface area contributed by atoms with Crippen LogP contribution in [0.2, 0.25) is 0 Å². The fourth-order valence-electron chi connectivity index (χ4n) is 3.41. The van der Waals surface area contributed by atoms with Gasteiger partial charge in [0.25, 0.3) is 11.8 Å². The summed E-state index contributed by atoms with van der Waals surface area (Å²) in [4.78, 5) is 31.9. The Balaban J connectivity index is 0.00000341. The van der Waals surface area contributed by atoms with E-state index < -0.39 is 0 Å². The minimum absolute atomic E-state index is 0. The predicted molar refractivity (Wildman–Crippen MR) is 126 cm³/mol. The molecule has 2 aromatic heterocycles. The zero-order valence-corrected chi connectivity index (χ0v) is 19.3. The summed E-state index contributed by atoms with van der Waals surface area (Å²) in [5.41, 5.74) is 4.15. The topological polar surface area (TPSA) is 78.7 Å². The summed E-state index contributed by atoms with van der Waals surface area (Å²) in [5, 5.41) is 5.83. The number of benzene rings is 1. The molecule has 0 aliphatic rings. The lowest BCUT2D eigenvalue weighted by Gasteiger charge is -2.18. The van der Waals surface area contributed by atoms with Crippen LogP contribution in [0, 0.1) is 13.8 Å². The second-order valence-corrected chi connectivity index (χ2v) is 7.29. The number of halogens is 1. The zero-order chi connectivity index (χ0) is 21.7. The number of anilines is 1. The van der Waals surface area contributed by atoms with Crippen molar-refractivity contribution in [3.05, 3.63) is 65.1 Å². The quantitative estimate of drug-likeness (QED) is 0.556. The van der Waals surface area contributed by atoms with Gasteiger partial charge in [-0.05, 0) is 62.8 Å². The number of hydrogen-bond acceptors (Lipinski definition) is 4. The van der Waals surface area contributed by atoms with Crippen molar-refractivity contribution in [3.63, 3.8) is 0 Å². The van der Waals surface area contributed by atoms with Crippen LogP contribution in [-0.2, 0) is 0 Å². The molecule has 0 bridgehead atoms. The number of rotatable bonds is 8. The van der Waals surface area contributed by atoms with Crippen LogP contribution in [0.5, 0.6) is 0 Å². The summed E-state index contributed by atoms with van der Waals surface area (Å²) >= 11 is 0. The van der Waals surface area contributed by atoms with Crippen LogP contribution in [0.25, 0.3) is 5.65 Å². The SMILES string of the molecule is CCN(CC)CCNC(=O)c1ccc(NC(=O)c2c(C)nc3ccc(C)cn23)cc1.Cl. The maximum atomic E-state index is 12.8. The van der Waals surface area contributed by atoms with Crippen molar-refractivity contribution in [2.24, 2.45) is 0 Å². The molecule has 2 heterocycles. The Labute approximate surface area is 189 Å². The minimum Gasteiger partial charge on any atom is -0.351 e. The predicted octanol–water partition coefficient (Wildman–Crippen LogP) is 3.70. The van der Waals surface area contributed by atoms with E-state index in [2.05, 4.69) is 34.4 Å². The number of carbonyl (C=O) groups is 2. The third-order valence-electron chi connectivity index (χ3n) is 5.17. The number of nitrogens with zero attached hydrogens (tertiary/aromatic N) is 3. The molecule has 0 saturated heterocycles. The highest BCUT2D eigenvalue weighted by molar-refractivity contribution is 6.04. The summed E-state index contributed by atoms with van der Waals surface area (Å²) < 4.78 is 1.80. The van der Waals surface area contributed by atoms with Crippen LogP contribution >= 0.6 is 12.4 Å². The Hall–Kier alpha value is -2.90. The fourth-order valence-corrected chi connectivity index (χ4v) is 3.41. The molecule has 8 heteroatoms. The van der Waals surface area contributed by atoms with Gasteiger partial charge >= 0.3 is 0 Å². The van der Waals surface area contributed by atoms with Crippen LogP contribution in [0.4, 0.5) is 5.69 Å². The number of fused-ring (bicyclic) bond motifs is 1. The van der Waals surface area contributed by atoms with E-state index in [-0.39, 0.29) is 24.2 Å². The van der Waals surface area contributed by atoms with Gasteiger partial charge in [-0.2, -0.15) is 0 Å². The van der Waals surface area contributed by atoms with E-state index in [1.165, 1.54) is 0 Å². The van der Waals surface area contributed by atoms with Crippen LogP contribution in [0.3, 0.4) is 0 Å². The number of imidazole rings is 1. The lowest BCUT2D eigenvalue weighted by atomic mass is 10.2. The van der Waals surface area contributed by atoms with Crippen molar-refractivity contribution < 1.29 is 9.59 Å². The Morgan fingerprint density at radius 1 is 1.00 bits per heavy atom. The van der Waals surface area contributed by atoms with Gasteiger partial charge in [0.2, 0.25) is 0 Å². The molecule has 7 nitrogen and oxygen atoms in total. The first-order valence-corrected chi connectivity index (χ1v) is 10.3. The van der Waals surface area contributed by atoms with E-state index >= 15 is 0 Å². The number of nitrogens with one attached hydrogen (secondary N) is 2. The lowest BCUT2D eigenvalue weighted by Crippen LogP contribution is -2.34. The Kier molecular flexibility index (Phi) is 8.59. The molecule has 0 fully saturated rings.